The third kappa shape index (κ3) is 5.72. The van der Waals surface area contributed by atoms with E-state index in [9.17, 15) is 14.4 Å². The van der Waals surface area contributed by atoms with E-state index in [1.165, 1.54) is 0 Å². The maximum Gasteiger partial charge on any atom is 0.253 e. The summed E-state index contributed by atoms with van der Waals surface area (Å²) in [4.78, 5) is 40.3. The molecule has 0 saturated carbocycles. The van der Waals surface area contributed by atoms with Gasteiger partial charge in [0.15, 0.2) is 0 Å². The molecule has 164 valence electrons. The van der Waals surface area contributed by atoms with Crippen molar-refractivity contribution in [2.75, 3.05) is 19.6 Å². The van der Waals surface area contributed by atoms with Gasteiger partial charge in [-0.25, -0.2) is 0 Å². The van der Waals surface area contributed by atoms with E-state index in [1.807, 2.05) is 67.3 Å². The molecule has 1 atom stereocenters. The van der Waals surface area contributed by atoms with E-state index in [4.69, 9.17) is 0 Å². The molecule has 1 saturated heterocycles. The Morgan fingerprint density at radius 2 is 1.65 bits per heavy atom. The summed E-state index contributed by atoms with van der Waals surface area (Å²) >= 11 is 0. The van der Waals surface area contributed by atoms with Crippen LogP contribution in [0.1, 0.15) is 52.5 Å². The molecule has 2 aromatic carbocycles. The summed E-state index contributed by atoms with van der Waals surface area (Å²) in [7, 11) is 0. The molecule has 6 nitrogen and oxygen atoms in total. The summed E-state index contributed by atoms with van der Waals surface area (Å²) in [6.45, 7) is 5.58. The van der Waals surface area contributed by atoms with Gasteiger partial charge >= 0.3 is 0 Å². The van der Waals surface area contributed by atoms with Crippen LogP contribution in [0.15, 0.2) is 54.6 Å². The number of aryl methyl sites for hydroxylation is 1. The van der Waals surface area contributed by atoms with E-state index >= 15 is 0 Å². The molecule has 6 heteroatoms. The molecule has 0 spiro atoms. The predicted molar refractivity (Wildman–Crippen MR) is 121 cm³/mol. The average molecular weight is 422 g/mol. The number of amides is 3. The van der Waals surface area contributed by atoms with Gasteiger partial charge in [-0.3, -0.25) is 14.4 Å². The first-order valence-electron chi connectivity index (χ1n) is 11.0. The zero-order chi connectivity index (χ0) is 22.2. The van der Waals surface area contributed by atoms with Crippen molar-refractivity contribution in [3.63, 3.8) is 0 Å². The molecule has 1 heterocycles. The van der Waals surface area contributed by atoms with Crippen LogP contribution in [0.4, 0.5) is 0 Å². The first-order valence-corrected chi connectivity index (χ1v) is 11.0. The number of rotatable bonds is 7. The smallest absolute Gasteiger partial charge is 0.253 e. The van der Waals surface area contributed by atoms with Crippen LogP contribution in [0, 0.1) is 12.8 Å². The van der Waals surface area contributed by atoms with E-state index in [0.717, 1.165) is 12.0 Å². The maximum atomic E-state index is 12.9. The highest BCUT2D eigenvalue weighted by Gasteiger charge is 2.34. The van der Waals surface area contributed by atoms with Gasteiger partial charge in [-0.05, 0) is 55.9 Å². The Hall–Kier alpha value is -3.15. The summed E-state index contributed by atoms with van der Waals surface area (Å²) in [5, 5.41) is 5.90. The van der Waals surface area contributed by atoms with Crippen molar-refractivity contribution in [3.05, 3.63) is 71.3 Å². The number of hydrogen-bond donors (Lipinski definition) is 2. The Kier molecular flexibility index (Phi) is 7.82. The number of hydrogen-bond acceptors (Lipinski definition) is 3. The number of piperidine rings is 1. The van der Waals surface area contributed by atoms with Crippen LogP contribution >= 0.6 is 0 Å². The van der Waals surface area contributed by atoms with Crippen LogP contribution in [-0.2, 0) is 4.79 Å². The third-order valence-corrected chi connectivity index (χ3v) is 5.83. The number of nitrogens with one attached hydrogen (secondary N) is 2. The molecule has 0 aromatic heterocycles. The van der Waals surface area contributed by atoms with Gasteiger partial charge in [0.25, 0.3) is 11.8 Å². The summed E-state index contributed by atoms with van der Waals surface area (Å²) in [5.74, 6) is -0.409. The Labute approximate surface area is 184 Å². The Morgan fingerprint density at radius 3 is 2.29 bits per heavy atom. The van der Waals surface area contributed by atoms with Crippen LogP contribution in [0.3, 0.4) is 0 Å². The van der Waals surface area contributed by atoms with E-state index in [2.05, 4.69) is 10.6 Å². The first kappa shape index (κ1) is 22.5. The van der Waals surface area contributed by atoms with Crippen molar-refractivity contribution in [3.8, 4) is 0 Å². The van der Waals surface area contributed by atoms with E-state index in [0.29, 0.717) is 43.6 Å². The van der Waals surface area contributed by atoms with Gasteiger partial charge in [0.1, 0.15) is 6.04 Å². The Bertz CT molecular complexity index is 905. The zero-order valence-electron chi connectivity index (χ0n) is 18.3. The van der Waals surface area contributed by atoms with E-state index in [1.54, 1.807) is 6.07 Å². The van der Waals surface area contributed by atoms with Crippen LogP contribution in [0.25, 0.3) is 0 Å². The lowest BCUT2D eigenvalue weighted by Crippen LogP contribution is -2.54. The van der Waals surface area contributed by atoms with Gasteiger partial charge in [-0.2, -0.15) is 0 Å². The SMILES string of the molecule is CCCNC(=O)[C@H](NC(=O)c1ccccc1C)C1CCN(C(=O)c2ccccc2)CC1. The molecule has 3 amide bonds. The normalized spacial score (nSPS) is 15.2. The molecule has 0 bridgehead atoms. The van der Waals surface area contributed by atoms with Crippen molar-refractivity contribution in [1.82, 2.24) is 15.5 Å². The molecular formula is C25H31N3O3. The number of benzene rings is 2. The second-order valence-electron chi connectivity index (χ2n) is 8.05. The van der Waals surface area contributed by atoms with Crippen LogP contribution in [0.2, 0.25) is 0 Å². The summed E-state index contributed by atoms with van der Waals surface area (Å²) in [6, 6.07) is 16.0. The van der Waals surface area contributed by atoms with Crippen molar-refractivity contribution in [2.45, 2.75) is 39.2 Å². The number of carbonyl (C=O) groups excluding carboxylic acids is 3. The molecule has 3 rings (SSSR count). The van der Waals surface area contributed by atoms with Crippen LogP contribution < -0.4 is 10.6 Å². The van der Waals surface area contributed by atoms with Gasteiger partial charge < -0.3 is 15.5 Å². The highest BCUT2D eigenvalue weighted by atomic mass is 16.2. The fourth-order valence-corrected chi connectivity index (χ4v) is 4.00. The van der Waals surface area contributed by atoms with Crippen molar-refractivity contribution in [2.24, 2.45) is 5.92 Å². The van der Waals surface area contributed by atoms with E-state index in [-0.39, 0.29) is 23.6 Å². The largest absolute Gasteiger partial charge is 0.354 e. The van der Waals surface area contributed by atoms with Gasteiger partial charge in [-0.15, -0.1) is 0 Å². The minimum Gasteiger partial charge on any atom is -0.354 e. The molecule has 31 heavy (non-hydrogen) atoms. The molecule has 1 fully saturated rings. The zero-order valence-corrected chi connectivity index (χ0v) is 18.3. The highest BCUT2D eigenvalue weighted by Crippen LogP contribution is 2.23. The minimum atomic E-state index is -0.618. The third-order valence-electron chi connectivity index (χ3n) is 5.83. The fraction of sp³-hybridized carbons (Fsp3) is 0.400. The van der Waals surface area contributed by atoms with Crippen LogP contribution in [0.5, 0.6) is 0 Å². The van der Waals surface area contributed by atoms with Gasteiger partial charge in [0.2, 0.25) is 5.91 Å². The molecule has 1 aliphatic heterocycles. The number of likely N-dealkylation sites (tertiary alicyclic amines) is 1. The quantitative estimate of drug-likeness (QED) is 0.721. The second-order valence-corrected chi connectivity index (χ2v) is 8.05. The van der Waals surface area contributed by atoms with E-state index < -0.39 is 6.04 Å². The van der Waals surface area contributed by atoms with Crippen molar-refractivity contribution in [1.29, 1.82) is 0 Å². The molecular weight excluding hydrogens is 390 g/mol. The lowest BCUT2D eigenvalue weighted by Gasteiger charge is -2.36. The van der Waals surface area contributed by atoms with Gasteiger partial charge in [-0.1, -0.05) is 43.3 Å². The fourth-order valence-electron chi connectivity index (χ4n) is 4.00. The van der Waals surface area contributed by atoms with Crippen molar-refractivity contribution < 1.29 is 14.4 Å². The Balaban J connectivity index is 1.68. The predicted octanol–water partition coefficient (Wildman–Crippen LogP) is 3.17. The lowest BCUT2D eigenvalue weighted by atomic mass is 9.88. The molecule has 2 N–H and O–H groups in total. The van der Waals surface area contributed by atoms with Gasteiger partial charge in [0.05, 0.1) is 0 Å². The maximum absolute atomic E-state index is 12.9. The van der Waals surface area contributed by atoms with Crippen LogP contribution in [-0.4, -0.2) is 48.3 Å². The highest BCUT2D eigenvalue weighted by molar-refractivity contribution is 5.98. The lowest BCUT2D eigenvalue weighted by molar-refractivity contribution is -0.124. The summed E-state index contributed by atoms with van der Waals surface area (Å²) < 4.78 is 0. The monoisotopic (exact) mass is 421 g/mol. The number of carbonyl (C=O) groups is 3. The minimum absolute atomic E-state index is 0.00924. The summed E-state index contributed by atoms with van der Waals surface area (Å²) in [6.07, 6.45) is 2.15. The van der Waals surface area contributed by atoms with Crippen molar-refractivity contribution >= 4 is 17.7 Å². The average Bonchev–Trinajstić information content (AvgIpc) is 2.81. The topological polar surface area (TPSA) is 78.5 Å². The molecule has 1 aliphatic rings. The Morgan fingerprint density at radius 1 is 1.00 bits per heavy atom. The molecule has 0 aliphatic carbocycles. The number of nitrogens with zero attached hydrogens (tertiary/aromatic N) is 1. The molecule has 0 unspecified atom stereocenters. The van der Waals surface area contributed by atoms with Gasteiger partial charge in [0, 0.05) is 30.8 Å². The molecule has 0 radical (unpaired) electrons. The first-order chi connectivity index (χ1) is 15.0. The molecule has 2 aromatic rings. The second kappa shape index (κ2) is 10.8. The summed E-state index contributed by atoms with van der Waals surface area (Å²) in [5.41, 5.74) is 2.12. The standard InChI is InChI=1S/C25H31N3O3/c1-3-15-26-24(30)22(27-23(29)21-12-8-7-9-18(21)2)19-13-16-28(17-14-19)25(31)20-10-5-4-6-11-20/h4-12,19,22H,3,13-17H2,1-2H3,(H,26,30)(H,27,29)/t22-/m1/s1.